The molecule has 0 atom stereocenters. The van der Waals surface area contributed by atoms with E-state index in [0.29, 0.717) is 12.8 Å². The maximum absolute atomic E-state index is 8.73. The summed E-state index contributed by atoms with van der Waals surface area (Å²) in [5.74, 6) is -0.144. The molecular weight excluding hydrogens is 128 g/mol. The highest BCUT2D eigenvalue weighted by atomic mass is 16.5. The van der Waals surface area contributed by atoms with Gasteiger partial charge >= 0.3 is 0 Å². The fraction of sp³-hybridized carbons (Fsp3) is 0.500. The van der Waals surface area contributed by atoms with Gasteiger partial charge in [0, 0.05) is 5.92 Å². The van der Waals surface area contributed by atoms with Crippen LogP contribution in [-0.4, -0.2) is 16.5 Å². The molecule has 0 aromatic rings. The van der Waals surface area contributed by atoms with Gasteiger partial charge in [-0.2, -0.15) is 0 Å². The van der Waals surface area contributed by atoms with Crippen molar-refractivity contribution in [1.29, 1.82) is 0 Å². The SMILES string of the molecule is C=CCC(CC=C)C(O)O. The van der Waals surface area contributed by atoms with E-state index in [-0.39, 0.29) is 5.92 Å². The van der Waals surface area contributed by atoms with Crippen LogP contribution in [0.2, 0.25) is 0 Å². The summed E-state index contributed by atoms with van der Waals surface area (Å²) in [5, 5.41) is 17.5. The summed E-state index contributed by atoms with van der Waals surface area (Å²) < 4.78 is 0. The largest absolute Gasteiger partial charge is 0.368 e. The Balaban J connectivity index is 3.70. The molecule has 0 rings (SSSR count). The summed E-state index contributed by atoms with van der Waals surface area (Å²) in [6.07, 6.45) is 3.32. The molecule has 2 N–H and O–H groups in total. The van der Waals surface area contributed by atoms with E-state index in [4.69, 9.17) is 10.2 Å². The Morgan fingerprint density at radius 2 is 1.50 bits per heavy atom. The van der Waals surface area contributed by atoms with E-state index in [0.717, 1.165) is 0 Å². The average Bonchev–Trinajstić information content (AvgIpc) is 1.87. The van der Waals surface area contributed by atoms with Crippen molar-refractivity contribution in [2.24, 2.45) is 5.92 Å². The maximum Gasteiger partial charge on any atom is 0.154 e. The highest BCUT2D eigenvalue weighted by Gasteiger charge is 2.12. The van der Waals surface area contributed by atoms with Crippen molar-refractivity contribution in [3.05, 3.63) is 25.3 Å². The lowest BCUT2D eigenvalue weighted by Crippen LogP contribution is -2.18. The molecular formula is C8H14O2. The molecule has 0 aliphatic heterocycles. The molecule has 0 unspecified atom stereocenters. The monoisotopic (exact) mass is 142 g/mol. The van der Waals surface area contributed by atoms with Gasteiger partial charge in [-0.15, -0.1) is 13.2 Å². The fourth-order valence-electron chi connectivity index (χ4n) is 0.768. The lowest BCUT2D eigenvalue weighted by molar-refractivity contribution is -0.0817. The quantitative estimate of drug-likeness (QED) is 0.445. The van der Waals surface area contributed by atoms with Crippen LogP contribution in [0.4, 0.5) is 0 Å². The standard InChI is InChI=1S/C8H14O2/c1-3-5-7(6-4-2)8(9)10/h3-4,7-10H,1-2,5-6H2. The van der Waals surface area contributed by atoms with E-state index in [1.165, 1.54) is 0 Å². The topological polar surface area (TPSA) is 40.5 Å². The van der Waals surface area contributed by atoms with Gasteiger partial charge in [0.15, 0.2) is 6.29 Å². The molecule has 0 aromatic carbocycles. The third-order valence-electron chi connectivity index (χ3n) is 1.36. The summed E-state index contributed by atoms with van der Waals surface area (Å²) in [4.78, 5) is 0. The first-order valence-corrected chi connectivity index (χ1v) is 3.30. The molecule has 2 nitrogen and oxygen atoms in total. The number of hydrogen-bond acceptors (Lipinski definition) is 2. The van der Waals surface area contributed by atoms with Gasteiger partial charge in [-0.25, -0.2) is 0 Å². The van der Waals surface area contributed by atoms with Crippen molar-refractivity contribution in [1.82, 2.24) is 0 Å². The minimum Gasteiger partial charge on any atom is -0.368 e. The molecule has 0 fully saturated rings. The van der Waals surface area contributed by atoms with Crippen molar-refractivity contribution < 1.29 is 10.2 Å². The van der Waals surface area contributed by atoms with Gasteiger partial charge in [-0.1, -0.05) is 12.2 Å². The minimum atomic E-state index is -1.25. The van der Waals surface area contributed by atoms with Gasteiger partial charge in [0.25, 0.3) is 0 Å². The first-order chi connectivity index (χ1) is 4.72. The third kappa shape index (κ3) is 3.43. The van der Waals surface area contributed by atoms with E-state index in [1.54, 1.807) is 12.2 Å². The molecule has 0 radical (unpaired) electrons. The van der Waals surface area contributed by atoms with Gasteiger partial charge in [-0.3, -0.25) is 0 Å². The van der Waals surface area contributed by atoms with Gasteiger partial charge in [0.05, 0.1) is 0 Å². The molecule has 10 heavy (non-hydrogen) atoms. The molecule has 2 heteroatoms. The Hall–Kier alpha value is -0.600. The molecule has 0 saturated heterocycles. The van der Waals surface area contributed by atoms with Crippen molar-refractivity contribution in [3.8, 4) is 0 Å². The Morgan fingerprint density at radius 1 is 1.10 bits per heavy atom. The Kier molecular flexibility index (Phi) is 4.89. The molecule has 58 valence electrons. The van der Waals surface area contributed by atoms with Gasteiger partial charge in [-0.05, 0) is 12.8 Å². The van der Waals surface area contributed by atoms with Crippen molar-refractivity contribution in [2.75, 3.05) is 0 Å². The van der Waals surface area contributed by atoms with Gasteiger partial charge in [0.2, 0.25) is 0 Å². The molecule has 0 bridgehead atoms. The third-order valence-corrected chi connectivity index (χ3v) is 1.36. The summed E-state index contributed by atoms with van der Waals surface area (Å²) in [5.41, 5.74) is 0. The summed E-state index contributed by atoms with van der Waals surface area (Å²) in [6.45, 7) is 7.02. The molecule has 0 amide bonds. The van der Waals surface area contributed by atoms with E-state index in [2.05, 4.69) is 13.2 Å². The molecule has 0 spiro atoms. The zero-order chi connectivity index (χ0) is 7.98. The Morgan fingerprint density at radius 3 is 1.70 bits per heavy atom. The van der Waals surface area contributed by atoms with Crippen LogP contribution in [0.5, 0.6) is 0 Å². The Labute approximate surface area is 61.5 Å². The second-order valence-corrected chi connectivity index (χ2v) is 2.22. The summed E-state index contributed by atoms with van der Waals surface area (Å²) >= 11 is 0. The van der Waals surface area contributed by atoms with Crippen LogP contribution < -0.4 is 0 Å². The number of rotatable bonds is 5. The van der Waals surface area contributed by atoms with Crippen LogP contribution in [-0.2, 0) is 0 Å². The fourth-order valence-corrected chi connectivity index (χ4v) is 0.768. The predicted octanol–water partition coefficient (Wildman–Crippen LogP) is 1.07. The van der Waals surface area contributed by atoms with Gasteiger partial charge < -0.3 is 10.2 Å². The summed E-state index contributed by atoms with van der Waals surface area (Å²) in [7, 11) is 0. The molecule has 0 aromatic heterocycles. The van der Waals surface area contributed by atoms with E-state index < -0.39 is 6.29 Å². The second-order valence-electron chi connectivity index (χ2n) is 2.22. The highest BCUT2D eigenvalue weighted by molar-refractivity contribution is 4.80. The molecule has 0 aliphatic rings. The number of aliphatic hydroxyl groups is 2. The zero-order valence-corrected chi connectivity index (χ0v) is 6.03. The van der Waals surface area contributed by atoms with Crippen LogP contribution in [0.3, 0.4) is 0 Å². The van der Waals surface area contributed by atoms with Crippen LogP contribution in [0.15, 0.2) is 25.3 Å². The first kappa shape index (κ1) is 9.40. The Bertz CT molecular complexity index is 97.8. The molecule has 0 saturated carbocycles. The highest BCUT2D eigenvalue weighted by Crippen LogP contribution is 2.12. The summed E-state index contributed by atoms with van der Waals surface area (Å²) in [6, 6.07) is 0. The van der Waals surface area contributed by atoms with Crippen LogP contribution >= 0.6 is 0 Å². The smallest absolute Gasteiger partial charge is 0.154 e. The van der Waals surface area contributed by atoms with Gasteiger partial charge in [0.1, 0.15) is 0 Å². The first-order valence-electron chi connectivity index (χ1n) is 3.30. The zero-order valence-electron chi connectivity index (χ0n) is 6.03. The lowest BCUT2D eigenvalue weighted by atomic mass is 10.0. The van der Waals surface area contributed by atoms with Crippen LogP contribution in [0.1, 0.15) is 12.8 Å². The van der Waals surface area contributed by atoms with E-state index >= 15 is 0 Å². The second kappa shape index (κ2) is 5.21. The number of allylic oxidation sites excluding steroid dienone is 2. The van der Waals surface area contributed by atoms with Crippen molar-refractivity contribution >= 4 is 0 Å². The molecule has 0 aliphatic carbocycles. The van der Waals surface area contributed by atoms with Crippen molar-refractivity contribution in [3.63, 3.8) is 0 Å². The minimum absolute atomic E-state index is 0.144. The normalized spacial score (nSPS) is 10.4. The van der Waals surface area contributed by atoms with Crippen LogP contribution in [0.25, 0.3) is 0 Å². The van der Waals surface area contributed by atoms with E-state index in [9.17, 15) is 0 Å². The average molecular weight is 142 g/mol. The molecule has 0 heterocycles. The van der Waals surface area contributed by atoms with Crippen molar-refractivity contribution in [2.45, 2.75) is 19.1 Å². The number of aliphatic hydroxyl groups excluding tert-OH is 1. The predicted molar refractivity (Wildman–Crippen MR) is 41.3 cm³/mol. The lowest BCUT2D eigenvalue weighted by Gasteiger charge is -2.13. The maximum atomic E-state index is 8.73. The van der Waals surface area contributed by atoms with Crippen LogP contribution in [0, 0.1) is 5.92 Å². The van der Waals surface area contributed by atoms with E-state index in [1.807, 2.05) is 0 Å². The number of hydrogen-bond donors (Lipinski definition) is 2.